The average Bonchev–Trinajstić information content (AvgIpc) is 3.25. The van der Waals surface area contributed by atoms with Crippen LogP contribution in [0.2, 0.25) is 0 Å². The fourth-order valence-corrected chi connectivity index (χ4v) is 2.85. The van der Waals surface area contributed by atoms with Gasteiger partial charge in [0, 0.05) is 7.11 Å². The molecule has 1 aliphatic rings. The molecular weight excluding hydrogens is 234 g/mol. The molecular formula is C17H27NO. The first-order valence-electron chi connectivity index (χ1n) is 7.65. The number of methoxy groups -OCH3 is 1. The zero-order chi connectivity index (χ0) is 13.7. The van der Waals surface area contributed by atoms with E-state index < -0.39 is 0 Å². The Labute approximate surface area is 117 Å². The van der Waals surface area contributed by atoms with E-state index in [-0.39, 0.29) is 0 Å². The second kappa shape index (κ2) is 7.06. The van der Waals surface area contributed by atoms with Crippen LogP contribution in [0.25, 0.3) is 0 Å². The third-order valence-corrected chi connectivity index (χ3v) is 3.99. The third-order valence-electron chi connectivity index (χ3n) is 3.99. The molecule has 2 unspecified atom stereocenters. The van der Waals surface area contributed by atoms with Crippen LogP contribution in [-0.2, 0) is 11.2 Å². The smallest absolute Gasteiger partial charge is 0.0794 e. The molecule has 2 heteroatoms. The Bertz CT molecular complexity index is 369. The van der Waals surface area contributed by atoms with Gasteiger partial charge in [-0.2, -0.15) is 0 Å². The van der Waals surface area contributed by atoms with Gasteiger partial charge in [-0.3, -0.25) is 0 Å². The van der Waals surface area contributed by atoms with E-state index in [4.69, 9.17) is 4.74 Å². The Morgan fingerprint density at radius 3 is 2.37 bits per heavy atom. The van der Waals surface area contributed by atoms with Gasteiger partial charge in [0.15, 0.2) is 0 Å². The normalized spacial score (nSPS) is 18.3. The van der Waals surface area contributed by atoms with Gasteiger partial charge >= 0.3 is 0 Å². The second-order valence-corrected chi connectivity index (χ2v) is 5.56. The van der Waals surface area contributed by atoms with Gasteiger partial charge in [0.2, 0.25) is 0 Å². The lowest BCUT2D eigenvalue weighted by molar-refractivity contribution is 0.0511. The SMILES string of the molecule is CCCc1ccc(C(NCC)C(OC)C2CC2)cc1. The van der Waals surface area contributed by atoms with Crippen LogP contribution in [0, 0.1) is 5.92 Å². The summed E-state index contributed by atoms with van der Waals surface area (Å²) in [5, 5.41) is 3.60. The predicted molar refractivity (Wildman–Crippen MR) is 80.4 cm³/mol. The van der Waals surface area contributed by atoms with E-state index in [1.807, 2.05) is 7.11 Å². The Hall–Kier alpha value is -0.860. The maximum Gasteiger partial charge on any atom is 0.0794 e. The van der Waals surface area contributed by atoms with Gasteiger partial charge < -0.3 is 10.1 Å². The fourth-order valence-electron chi connectivity index (χ4n) is 2.85. The van der Waals surface area contributed by atoms with Crippen molar-refractivity contribution in [2.24, 2.45) is 5.92 Å². The summed E-state index contributed by atoms with van der Waals surface area (Å²) in [7, 11) is 1.85. The van der Waals surface area contributed by atoms with Crippen molar-refractivity contribution in [3.05, 3.63) is 35.4 Å². The van der Waals surface area contributed by atoms with E-state index in [0.717, 1.165) is 12.5 Å². The summed E-state index contributed by atoms with van der Waals surface area (Å²) in [5.74, 6) is 0.740. The highest BCUT2D eigenvalue weighted by atomic mass is 16.5. The summed E-state index contributed by atoms with van der Waals surface area (Å²) in [6, 6.07) is 9.41. The molecule has 1 aromatic carbocycles. The maximum absolute atomic E-state index is 5.76. The van der Waals surface area contributed by atoms with Crippen LogP contribution in [0.1, 0.15) is 50.3 Å². The Morgan fingerprint density at radius 1 is 1.21 bits per heavy atom. The first kappa shape index (κ1) is 14.5. The zero-order valence-corrected chi connectivity index (χ0v) is 12.5. The van der Waals surface area contributed by atoms with Crippen molar-refractivity contribution in [1.29, 1.82) is 0 Å². The molecule has 0 heterocycles. The van der Waals surface area contributed by atoms with E-state index in [1.165, 1.54) is 36.8 Å². The molecule has 1 aromatic rings. The molecule has 2 nitrogen and oxygen atoms in total. The molecule has 0 saturated heterocycles. The monoisotopic (exact) mass is 261 g/mol. The third kappa shape index (κ3) is 3.80. The van der Waals surface area contributed by atoms with E-state index >= 15 is 0 Å². The lowest BCUT2D eigenvalue weighted by Gasteiger charge is -2.27. The molecule has 1 N–H and O–H groups in total. The molecule has 106 valence electrons. The Morgan fingerprint density at radius 2 is 1.89 bits per heavy atom. The van der Waals surface area contributed by atoms with Crippen molar-refractivity contribution in [3.8, 4) is 0 Å². The van der Waals surface area contributed by atoms with Crippen molar-refractivity contribution in [2.45, 2.75) is 51.7 Å². The van der Waals surface area contributed by atoms with Crippen molar-refractivity contribution in [2.75, 3.05) is 13.7 Å². The fraction of sp³-hybridized carbons (Fsp3) is 0.647. The molecule has 0 spiro atoms. The quantitative estimate of drug-likeness (QED) is 0.770. The molecule has 0 amide bonds. The molecule has 1 saturated carbocycles. The van der Waals surface area contributed by atoms with E-state index in [9.17, 15) is 0 Å². The number of benzene rings is 1. The summed E-state index contributed by atoms with van der Waals surface area (Å²) in [5.41, 5.74) is 2.79. The predicted octanol–water partition coefficient (Wildman–Crippen LogP) is 3.71. The molecule has 0 radical (unpaired) electrons. The minimum atomic E-state index is 0.317. The van der Waals surface area contributed by atoms with Crippen molar-refractivity contribution >= 4 is 0 Å². The summed E-state index contributed by atoms with van der Waals surface area (Å²) < 4.78 is 5.76. The number of likely N-dealkylation sites (N-methyl/N-ethyl adjacent to an activating group) is 1. The molecule has 1 aliphatic carbocycles. The molecule has 1 fully saturated rings. The van der Waals surface area contributed by atoms with Crippen LogP contribution in [0.5, 0.6) is 0 Å². The van der Waals surface area contributed by atoms with Crippen LogP contribution in [-0.4, -0.2) is 19.8 Å². The highest BCUT2D eigenvalue weighted by Crippen LogP contribution is 2.39. The van der Waals surface area contributed by atoms with Gasteiger partial charge in [-0.25, -0.2) is 0 Å². The van der Waals surface area contributed by atoms with Crippen molar-refractivity contribution in [1.82, 2.24) is 5.32 Å². The van der Waals surface area contributed by atoms with Crippen molar-refractivity contribution in [3.63, 3.8) is 0 Å². The number of hydrogen-bond acceptors (Lipinski definition) is 2. The average molecular weight is 261 g/mol. The summed E-state index contributed by atoms with van der Waals surface area (Å²) in [4.78, 5) is 0. The van der Waals surface area contributed by atoms with Gasteiger partial charge in [0.1, 0.15) is 0 Å². The van der Waals surface area contributed by atoms with Gasteiger partial charge in [-0.15, -0.1) is 0 Å². The highest BCUT2D eigenvalue weighted by molar-refractivity contribution is 5.26. The van der Waals surface area contributed by atoms with Crippen molar-refractivity contribution < 1.29 is 4.74 Å². The van der Waals surface area contributed by atoms with Crippen LogP contribution >= 0.6 is 0 Å². The first-order valence-corrected chi connectivity index (χ1v) is 7.65. The minimum absolute atomic E-state index is 0.317. The lowest BCUT2D eigenvalue weighted by atomic mass is 9.96. The lowest BCUT2D eigenvalue weighted by Crippen LogP contribution is -2.34. The maximum atomic E-state index is 5.76. The molecule has 19 heavy (non-hydrogen) atoms. The number of nitrogens with one attached hydrogen (secondary N) is 1. The number of ether oxygens (including phenoxy) is 1. The number of rotatable bonds is 8. The molecule has 2 rings (SSSR count). The summed E-state index contributed by atoms with van der Waals surface area (Å²) in [6.45, 7) is 5.37. The molecule has 2 atom stereocenters. The first-order chi connectivity index (χ1) is 9.30. The second-order valence-electron chi connectivity index (χ2n) is 5.56. The molecule has 0 aliphatic heterocycles. The molecule has 0 bridgehead atoms. The van der Waals surface area contributed by atoms with Gasteiger partial charge in [0.25, 0.3) is 0 Å². The van der Waals surface area contributed by atoms with Gasteiger partial charge in [-0.05, 0) is 42.9 Å². The summed E-state index contributed by atoms with van der Waals surface area (Å²) in [6.07, 6.45) is 5.32. The zero-order valence-electron chi connectivity index (χ0n) is 12.5. The van der Waals surface area contributed by atoms with E-state index in [1.54, 1.807) is 0 Å². The largest absolute Gasteiger partial charge is 0.379 e. The van der Waals surface area contributed by atoms with Crippen LogP contribution in [0.3, 0.4) is 0 Å². The Balaban J connectivity index is 2.12. The molecule has 0 aromatic heterocycles. The van der Waals surface area contributed by atoms with Gasteiger partial charge in [-0.1, -0.05) is 44.5 Å². The summed E-state index contributed by atoms with van der Waals surface area (Å²) >= 11 is 0. The van der Waals surface area contributed by atoms with Gasteiger partial charge in [0.05, 0.1) is 12.1 Å². The van der Waals surface area contributed by atoms with Crippen LogP contribution in [0.15, 0.2) is 24.3 Å². The van der Waals surface area contributed by atoms with E-state index in [0.29, 0.717) is 12.1 Å². The number of aryl methyl sites for hydroxylation is 1. The highest BCUT2D eigenvalue weighted by Gasteiger charge is 2.37. The Kier molecular flexibility index (Phi) is 5.41. The topological polar surface area (TPSA) is 21.3 Å². The van der Waals surface area contributed by atoms with Crippen LogP contribution < -0.4 is 5.32 Å². The minimum Gasteiger partial charge on any atom is -0.379 e. The van der Waals surface area contributed by atoms with E-state index in [2.05, 4.69) is 43.4 Å². The standard InChI is InChI=1S/C17H27NO/c1-4-6-13-7-9-14(10-8-13)16(18-5-2)17(19-3)15-11-12-15/h7-10,15-18H,4-6,11-12H2,1-3H3. The van der Waals surface area contributed by atoms with Crippen LogP contribution in [0.4, 0.5) is 0 Å². The number of hydrogen-bond donors (Lipinski definition) is 1.